The van der Waals surface area contributed by atoms with Gasteiger partial charge in [-0.15, -0.1) is 0 Å². The van der Waals surface area contributed by atoms with Crippen molar-refractivity contribution >= 4 is 5.91 Å². The topological polar surface area (TPSA) is 55.1 Å². The average Bonchev–Trinajstić information content (AvgIpc) is 2.20. The first-order valence-electron chi connectivity index (χ1n) is 5.99. The molecule has 0 aliphatic heterocycles. The van der Waals surface area contributed by atoms with Crippen LogP contribution >= 0.6 is 0 Å². The van der Waals surface area contributed by atoms with Crippen LogP contribution in [-0.4, -0.2) is 11.9 Å². The van der Waals surface area contributed by atoms with E-state index in [2.05, 4.69) is 5.32 Å². The highest BCUT2D eigenvalue weighted by Gasteiger charge is 2.28. The normalized spacial score (nSPS) is 13.4. The largest absolute Gasteiger partial charge is 0.368 e. The summed E-state index contributed by atoms with van der Waals surface area (Å²) in [6, 6.07) is 4.18. The van der Waals surface area contributed by atoms with Gasteiger partial charge in [-0.25, -0.2) is 4.39 Å². The highest BCUT2D eigenvalue weighted by molar-refractivity contribution is 5.80. The van der Waals surface area contributed by atoms with Crippen molar-refractivity contribution in [3.05, 3.63) is 35.1 Å². The second kappa shape index (κ2) is 5.48. The maximum atomic E-state index is 13.1. The van der Waals surface area contributed by atoms with E-state index in [0.29, 0.717) is 6.54 Å². The van der Waals surface area contributed by atoms with Crippen LogP contribution in [0, 0.1) is 18.2 Å². The molecule has 0 spiro atoms. The maximum Gasteiger partial charge on any atom is 0.235 e. The third-order valence-electron chi connectivity index (χ3n) is 2.96. The lowest BCUT2D eigenvalue weighted by atomic mass is 9.86. The SMILES string of the molecule is Cc1ccc(F)cc1CNC(C(N)=O)C(C)(C)C. The molecule has 4 heteroatoms. The van der Waals surface area contributed by atoms with E-state index in [1.807, 2.05) is 27.7 Å². The van der Waals surface area contributed by atoms with E-state index in [4.69, 9.17) is 5.73 Å². The molecule has 1 aromatic rings. The fourth-order valence-electron chi connectivity index (χ4n) is 1.88. The minimum absolute atomic E-state index is 0.271. The highest BCUT2D eigenvalue weighted by Crippen LogP contribution is 2.20. The molecule has 1 rings (SSSR count). The molecule has 0 saturated carbocycles. The minimum atomic E-state index is -0.444. The van der Waals surface area contributed by atoms with Gasteiger partial charge < -0.3 is 11.1 Å². The number of hydrogen-bond acceptors (Lipinski definition) is 2. The number of nitrogens with one attached hydrogen (secondary N) is 1. The van der Waals surface area contributed by atoms with Crippen molar-refractivity contribution in [2.24, 2.45) is 11.1 Å². The summed E-state index contributed by atoms with van der Waals surface area (Å²) in [4.78, 5) is 11.4. The number of halogens is 1. The minimum Gasteiger partial charge on any atom is -0.368 e. The van der Waals surface area contributed by atoms with Crippen LogP contribution in [-0.2, 0) is 11.3 Å². The predicted molar refractivity (Wildman–Crippen MR) is 70.4 cm³/mol. The predicted octanol–water partition coefficient (Wildman–Crippen LogP) is 2.12. The summed E-state index contributed by atoms with van der Waals surface area (Å²) in [6.45, 7) is 8.15. The zero-order valence-corrected chi connectivity index (χ0v) is 11.4. The fourth-order valence-corrected chi connectivity index (χ4v) is 1.88. The molecular weight excluding hydrogens is 231 g/mol. The Balaban J connectivity index is 2.79. The lowest BCUT2D eigenvalue weighted by molar-refractivity contribution is -0.122. The summed E-state index contributed by atoms with van der Waals surface area (Å²) < 4.78 is 13.1. The van der Waals surface area contributed by atoms with E-state index in [9.17, 15) is 9.18 Å². The summed E-state index contributed by atoms with van der Waals surface area (Å²) >= 11 is 0. The third kappa shape index (κ3) is 3.81. The number of aryl methyl sites for hydroxylation is 1. The van der Waals surface area contributed by atoms with Gasteiger partial charge in [-0.3, -0.25) is 4.79 Å². The number of rotatable bonds is 4. The first-order valence-corrected chi connectivity index (χ1v) is 5.99. The number of carbonyl (C=O) groups excluding carboxylic acids is 1. The summed E-state index contributed by atoms with van der Waals surface area (Å²) in [7, 11) is 0. The molecule has 0 aromatic heterocycles. The quantitative estimate of drug-likeness (QED) is 0.862. The summed E-state index contributed by atoms with van der Waals surface area (Å²) in [5.41, 5.74) is 6.93. The van der Waals surface area contributed by atoms with E-state index >= 15 is 0 Å². The van der Waals surface area contributed by atoms with E-state index in [1.165, 1.54) is 12.1 Å². The van der Waals surface area contributed by atoms with Gasteiger partial charge in [0.1, 0.15) is 5.82 Å². The Labute approximate surface area is 108 Å². The van der Waals surface area contributed by atoms with E-state index in [1.54, 1.807) is 6.07 Å². The Morgan fingerprint density at radius 1 is 1.44 bits per heavy atom. The Kier molecular flexibility index (Phi) is 4.46. The lowest BCUT2D eigenvalue weighted by Crippen LogP contribution is -2.49. The molecule has 0 heterocycles. The molecule has 0 saturated heterocycles. The standard InChI is InChI=1S/C14H21FN2O/c1-9-5-6-11(15)7-10(9)8-17-12(13(16)18)14(2,3)4/h5-7,12,17H,8H2,1-4H3,(H2,16,18). The average molecular weight is 252 g/mol. The van der Waals surface area contributed by atoms with Gasteiger partial charge in [0.2, 0.25) is 5.91 Å². The van der Waals surface area contributed by atoms with Crippen molar-refractivity contribution in [2.75, 3.05) is 0 Å². The van der Waals surface area contributed by atoms with Crippen LogP contribution in [0.2, 0.25) is 0 Å². The van der Waals surface area contributed by atoms with Crippen LogP contribution in [0.1, 0.15) is 31.9 Å². The van der Waals surface area contributed by atoms with Gasteiger partial charge >= 0.3 is 0 Å². The van der Waals surface area contributed by atoms with Crippen molar-refractivity contribution in [3.63, 3.8) is 0 Å². The highest BCUT2D eigenvalue weighted by atomic mass is 19.1. The number of benzene rings is 1. The molecule has 0 radical (unpaired) electrons. The summed E-state index contributed by atoms with van der Waals surface area (Å²) in [5.74, 6) is -0.666. The molecular formula is C14H21FN2O. The van der Waals surface area contributed by atoms with Gasteiger partial charge in [0.05, 0.1) is 6.04 Å². The second-order valence-electron chi connectivity index (χ2n) is 5.65. The number of hydrogen-bond donors (Lipinski definition) is 2. The molecule has 1 aromatic carbocycles. The van der Waals surface area contributed by atoms with Crippen LogP contribution in [0.25, 0.3) is 0 Å². The fraction of sp³-hybridized carbons (Fsp3) is 0.500. The van der Waals surface area contributed by atoms with Crippen LogP contribution in [0.3, 0.4) is 0 Å². The van der Waals surface area contributed by atoms with Gasteiger partial charge in [-0.2, -0.15) is 0 Å². The molecule has 0 aliphatic rings. The monoisotopic (exact) mass is 252 g/mol. The van der Waals surface area contributed by atoms with Crippen LogP contribution in [0.4, 0.5) is 4.39 Å². The zero-order chi connectivity index (χ0) is 13.9. The Hall–Kier alpha value is -1.42. The van der Waals surface area contributed by atoms with E-state index in [0.717, 1.165) is 11.1 Å². The van der Waals surface area contributed by atoms with Crippen LogP contribution in [0.15, 0.2) is 18.2 Å². The Morgan fingerprint density at radius 3 is 2.56 bits per heavy atom. The molecule has 1 amide bonds. The Bertz CT molecular complexity index is 438. The smallest absolute Gasteiger partial charge is 0.235 e. The Morgan fingerprint density at radius 2 is 2.06 bits per heavy atom. The molecule has 0 bridgehead atoms. The number of primary amides is 1. The molecule has 0 aliphatic carbocycles. The van der Waals surface area contributed by atoms with Crippen molar-refractivity contribution in [3.8, 4) is 0 Å². The number of carbonyl (C=O) groups is 1. The zero-order valence-electron chi connectivity index (χ0n) is 11.4. The van der Waals surface area contributed by atoms with E-state index in [-0.39, 0.29) is 11.2 Å². The van der Waals surface area contributed by atoms with Crippen molar-refractivity contribution < 1.29 is 9.18 Å². The number of nitrogens with two attached hydrogens (primary N) is 1. The van der Waals surface area contributed by atoms with Gasteiger partial charge in [-0.1, -0.05) is 26.8 Å². The van der Waals surface area contributed by atoms with Crippen LogP contribution in [0.5, 0.6) is 0 Å². The second-order valence-corrected chi connectivity index (χ2v) is 5.65. The summed E-state index contributed by atoms with van der Waals surface area (Å²) in [6.07, 6.45) is 0. The van der Waals surface area contributed by atoms with Gasteiger partial charge in [-0.05, 0) is 35.6 Å². The molecule has 1 unspecified atom stereocenters. The van der Waals surface area contributed by atoms with Crippen molar-refractivity contribution in [1.29, 1.82) is 0 Å². The number of amides is 1. The first kappa shape index (κ1) is 14.6. The molecule has 18 heavy (non-hydrogen) atoms. The van der Waals surface area contributed by atoms with Gasteiger partial charge in [0, 0.05) is 6.54 Å². The lowest BCUT2D eigenvalue weighted by Gasteiger charge is -2.29. The molecule has 3 nitrogen and oxygen atoms in total. The van der Waals surface area contributed by atoms with E-state index < -0.39 is 11.9 Å². The van der Waals surface area contributed by atoms with Crippen LogP contribution < -0.4 is 11.1 Å². The molecule has 3 N–H and O–H groups in total. The van der Waals surface area contributed by atoms with Crippen molar-refractivity contribution in [2.45, 2.75) is 40.3 Å². The maximum absolute atomic E-state index is 13.1. The van der Waals surface area contributed by atoms with Gasteiger partial charge in [0.25, 0.3) is 0 Å². The molecule has 100 valence electrons. The molecule has 1 atom stereocenters. The van der Waals surface area contributed by atoms with Crippen molar-refractivity contribution in [1.82, 2.24) is 5.32 Å². The third-order valence-corrected chi connectivity index (χ3v) is 2.96. The first-order chi connectivity index (χ1) is 8.21. The summed E-state index contributed by atoms with van der Waals surface area (Å²) in [5, 5.41) is 3.10. The molecule has 0 fully saturated rings. The van der Waals surface area contributed by atoms with Gasteiger partial charge in [0.15, 0.2) is 0 Å².